The summed E-state index contributed by atoms with van der Waals surface area (Å²) in [6.07, 6.45) is 5.53. The van der Waals surface area contributed by atoms with E-state index in [1.807, 2.05) is 17.0 Å². The molecule has 132 valence electrons. The molecule has 5 heteroatoms. The van der Waals surface area contributed by atoms with E-state index in [4.69, 9.17) is 4.42 Å². The molecule has 3 heterocycles. The number of carbonyl (C=O) groups excluding carboxylic acids is 1. The van der Waals surface area contributed by atoms with Crippen LogP contribution in [0, 0.1) is 0 Å². The number of likely N-dealkylation sites (tertiary alicyclic amines) is 1. The highest BCUT2D eigenvalue weighted by atomic mass is 32.2. The van der Waals surface area contributed by atoms with Gasteiger partial charge in [-0.05, 0) is 74.0 Å². The second kappa shape index (κ2) is 7.26. The van der Waals surface area contributed by atoms with Gasteiger partial charge < -0.3 is 9.32 Å². The van der Waals surface area contributed by atoms with Gasteiger partial charge in [0.15, 0.2) is 5.76 Å². The first kappa shape index (κ1) is 16.7. The monoisotopic (exact) mass is 356 g/mol. The molecule has 1 fully saturated rings. The molecule has 25 heavy (non-hydrogen) atoms. The van der Waals surface area contributed by atoms with Gasteiger partial charge in [-0.25, -0.2) is 0 Å². The quantitative estimate of drug-likeness (QED) is 0.781. The lowest BCUT2D eigenvalue weighted by Gasteiger charge is -2.28. The predicted molar refractivity (Wildman–Crippen MR) is 99.9 cm³/mol. The Labute approximate surface area is 153 Å². The lowest BCUT2D eigenvalue weighted by molar-refractivity contribution is 0.0699. The molecule has 0 bridgehead atoms. The molecule has 0 N–H and O–H groups in total. The van der Waals surface area contributed by atoms with E-state index in [-0.39, 0.29) is 5.91 Å². The number of carbonyl (C=O) groups is 1. The maximum atomic E-state index is 12.8. The molecule has 0 radical (unpaired) electrons. The first-order chi connectivity index (χ1) is 12.2. The summed E-state index contributed by atoms with van der Waals surface area (Å²) in [6, 6.07) is 10.3. The number of amides is 1. The summed E-state index contributed by atoms with van der Waals surface area (Å²) in [5.74, 6) is 1.37. The van der Waals surface area contributed by atoms with Gasteiger partial charge in [0.2, 0.25) is 0 Å². The van der Waals surface area contributed by atoms with Gasteiger partial charge in [0.25, 0.3) is 5.91 Å². The molecule has 2 aliphatic rings. The molecule has 2 aliphatic heterocycles. The number of hydrogen-bond acceptors (Lipinski definition) is 4. The molecule has 2 aromatic rings. The van der Waals surface area contributed by atoms with Crippen LogP contribution in [0.15, 0.2) is 39.6 Å². The smallest absolute Gasteiger partial charge is 0.289 e. The van der Waals surface area contributed by atoms with Crippen molar-refractivity contribution < 1.29 is 9.21 Å². The van der Waals surface area contributed by atoms with E-state index in [0.29, 0.717) is 12.3 Å². The van der Waals surface area contributed by atoms with Crippen LogP contribution in [0.3, 0.4) is 0 Å². The Hall–Kier alpha value is -1.72. The van der Waals surface area contributed by atoms with E-state index in [2.05, 4.69) is 29.4 Å². The zero-order chi connectivity index (χ0) is 17.2. The van der Waals surface area contributed by atoms with Crippen molar-refractivity contribution in [2.24, 2.45) is 0 Å². The molecule has 1 aromatic carbocycles. The van der Waals surface area contributed by atoms with Gasteiger partial charge in [-0.1, -0.05) is 6.07 Å². The fourth-order valence-corrected chi connectivity index (χ4v) is 4.19. The third kappa shape index (κ3) is 3.62. The van der Waals surface area contributed by atoms with Crippen LogP contribution < -0.4 is 0 Å². The van der Waals surface area contributed by atoms with E-state index in [0.717, 1.165) is 38.4 Å². The Morgan fingerprint density at radius 3 is 2.76 bits per heavy atom. The average Bonchev–Trinajstić information content (AvgIpc) is 3.32. The van der Waals surface area contributed by atoms with Crippen molar-refractivity contribution >= 4 is 17.7 Å². The van der Waals surface area contributed by atoms with Crippen molar-refractivity contribution in [2.75, 3.05) is 25.9 Å². The number of thioether (sulfide) groups is 1. The highest BCUT2D eigenvalue weighted by Crippen LogP contribution is 2.26. The fraction of sp³-hybridized carbons (Fsp3) is 0.450. The van der Waals surface area contributed by atoms with Gasteiger partial charge in [0.05, 0.1) is 6.54 Å². The van der Waals surface area contributed by atoms with Crippen molar-refractivity contribution in [3.63, 3.8) is 0 Å². The Morgan fingerprint density at radius 2 is 1.96 bits per heavy atom. The van der Waals surface area contributed by atoms with Crippen molar-refractivity contribution in [3.8, 4) is 0 Å². The minimum Gasteiger partial charge on any atom is -0.455 e. The lowest BCUT2D eigenvalue weighted by Crippen LogP contribution is -2.35. The minimum absolute atomic E-state index is 0.00673. The van der Waals surface area contributed by atoms with Gasteiger partial charge in [0.1, 0.15) is 5.76 Å². The molecule has 4 nitrogen and oxygen atoms in total. The van der Waals surface area contributed by atoms with Crippen LogP contribution in [0.2, 0.25) is 0 Å². The number of nitrogens with zero attached hydrogens (tertiary/aromatic N) is 2. The normalized spacial score (nSPS) is 17.7. The summed E-state index contributed by atoms with van der Waals surface area (Å²) in [4.78, 5) is 18.4. The Balaban J connectivity index is 1.43. The van der Waals surface area contributed by atoms with Gasteiger partial charge >= 0.3 is 0 Å². The predicted octanol–water partition coefficient (Wildman–Crippen LogP) is 3.80. The van der Waals surface area contributed by atoms with Crippen molar-refractivity contribution in [1.82, 2.24) is 9.80 Å². The van der Waals surface area contributed by atoms with Crippen LogP contribution >= 0.6 is 11.8 Å². The Kier molecular flexibility index (Phi) is 4.86. The lowest BCUT2D eigenvalue weighted by atomic mass is 10.00. The summed E-state index contributed by atoms with van der Waals surface area (Å²) < 4.78 is 5.85. The summed E-state index contributed by atoms with van der Waals surface area (Å²) in [6.45, 7) is 4.50. The van der Waals surface area contributed by atoms with Gasteiger partial charge in [-0.2, -0.15) is 0 Å². The van der Waals surface area contributed by atoms with Crippen molar-refractivity contribution in [3.05, 3.63) is 53.0 Å². The van der Waals surface area contributed by atoms with Gasteiger partial charge in [0, 0.05) is 18.0 Å². The Morgan fingerprint density at radius 1 is 1.12 bits per heavy atom. The molecule has 4 rings (SSSR count). The van der Waals surface area contributed by atoms with Crippen molar-refractivity contribution in [2.45, 2.75) is 37.2 Å². The topological polar surface area (TPSA) is 36.7 Å². The third-order valence-corrected chi connectivity index (χ3v) is 5.89. The number of hydrogen-bond donors (Lipinski definition) is 0. The summed E-state index contributed by atoms with van der Waals surface area (Å²) in [5.41, 5.74) is 2.62. The van der Waals surface area contributed by atoms with Crippen LogP contribution in [-0.2, 0) is 19.5 Å². The highest BCUT2D eigenvalue weighted by Gasteiger charge is 2.24. The number of fused-ring (bicyclic) bond motifs is 1. The van der Waals surface area contributed by atoms with Crippen LogP contribution in [0.25, 0.3) is 0 Å². The molecule has 1 amide bonds. The van der Waals surface area contributed by atoms with Crippen molar-refractivity contribution in [1.29, 1.82) is 0 Å². The largest absolute Gasteiger partial charge is 0.455 e. The van der Waals surface area contributed by atoms with E-state index < -0.39 is 0 Å². The van der Waals surface area contributed by atoms with Gasteiger partial charge in [-0.15, -0.1) is 11.8 Å². The molecular formula is C20H24N2O2S. The second-order valence-electron chi connectivity index (χ2n) is 6.86. The first-order valence-corrected chi connectivity index (χ1v) is 10.2. The zero-order valence-corrected chi connectivity index (χ0v) is 15.5. The highest BCUT2D eigenvalue weighted by molar-refractivity contribution is 7.98. The van der Waals surface area contributed by atoms with Crippen LogP contribution in [0.5, 0.6) is 0 Å². The SMILES string of the molecule is CSc1ccc2c(c1)CCN(C(=O)c1ccc(CN3CCCC3)o1)C2. The van der Waals surface area contributed by atoms with Crippen LogP contribution in [-0.4, -0.2) is 41.6 Å². The Bertz CT molecular complexity index is 765. The number of rotatable bonds is 4. The molecular weight excluding hydrogens is 332 g/mol. The molecule has 1 aromatic heterocycles. The zero-order valence-electron chi connectivity index (χ0n) is 14.7. The molecule has 0 aliphatic carbocycles. The molecule has 0 spiro atoms. The van der Waals surface area contributed by atoms with Crippen LogP contribution in [0.1, 0.15) is 40.3 Å². The maximum Gasteiger partial charge on any atom is 0.289 e. The van der Waals surface area contributed by atoms with Gasteiger partial charge in [-0.3, -0.25) is 9.69 Å². The molecule has 0 atom stereocenters. The summed E-state index contributed by atoms with van der Waals surface area (Å²) in [5, 5.41) is 0. The summed E-state index contributed by atoms with van der Waals surface area (Å²) >= 11 is 1.76. The summed E-state index contributed by atoms with van der Waals surface area (Å²) in [7, 11) is 0. The number of benzene rings is 1. The third-order valence-electron chi connectivity index (χ3n) is 5.16. The molecule has 0 unspecified atom stereocenters. The second-order valence-corrected chi connectivity index (χ2v) is 7.74. The average molecular weight is 356 g/mol. The van der Waals surface area contributed by atoms with Crippen LogP contribution in [0.4, 0.5) is 0 Å². The first-order valence-electron chi connectivity index (χ1n) is 8.99. The van der Waals surface area contributed by atoms with E-state index in [1.165, 1.54) is 28.9 Å². The van der Waals surface area contributed by atoms with E-state index in [9.17, 15) is 4.79 Å². The molecule has 0 saturated carbocycles. The number of furan rings is 1. The van der Waals surface area contributed by atoms with E-state index >= 15 is 0 Å². The standard InChI is InChI=1S/C20H24N2O2S/c1-25-18-6-4-16-13-22(11-8-15(16)12-18)20(23)19-7-5-17(24-19)14-21-9-2-3-10-21/h4-7,12H,2-3,8-11,13-14H2,1H3. The molecule has 1 saturated heterocycles. The fourth-order valence-electron chi connectivity index (χ4n) is 3.72. The minimum atomic E-state index is 0.00673. The maximum absolute atomic E-state index is 12.8. The van der Waals surface area contributed by atoms with E-state index in [1.54, 1.807) is 11.8 Å².